The van der Waals surface area contributed by atoms with Crippen LogP contribution in [0.1, 0.15) is 18.4 Å². The first-order valence-electron chi connectivity index (χ1n) is 9.92. The molecule has 0 bridgehead atoms. The van der Waals surface area contributed by atoms with Crippen molar-refractivity contribution < 1.29 is 27.1 Å². The average Bonchev–Trinajstić information content (AvgIpc) is 2.78. The fraction of sp³-hybridized carbons (Fsp3) is 0.333. The van der Waals surface area contributed by atoms with Gasteiger partial charge < -0.3 is 15.4 Å². The van der Waals surface area contributed by atoms with Crippen molar-refractivity contribution in [2.75, 3.05) is 25.0 Å². The van der Waals surface area contributed by atoms with E-state index in [1.807, 2.05) is 0 Å². The molecule has 2 aromatic carbocycles. The highest BCUT2D eigenvalue weighted by Crippen LogP contribution is 2.32. The minimum absolute atomic E-state index is 0.0319. The summed E-state index contributed by atoms with van der Waals surface area (Å²) in [6, 6.07) is 10.1. The van der Waals surface area contributed by atoms with Crippen molar-refractivity contribution >= 4 is 27.5 Å². The highest BCUT2D eigenvalue weighted by molar-refractivity contribution is 7.89. The lowest BCUT2D eigenvalue weighted by Gasteiger charge is -2.31. The fourth-order valence-corrected chi connectivity index (χ4v) is 5.23. The van der Waals surface area contributed by atoms with Crippen LogP contribution in [-0.2, 0) is 26.2 Å². The summed E-state index contributed by atoms with van der Waals surface area (Å²) in [5, 5.41) is 5.40. The molecular weight excluding hydrogens is 425 g/mol. The van der Waals surface area contributed by atoms with Crippen LogP contribution in [0.4, 0.5) is 10.1 Å². The highest BCUT2D eigenvalue weighted by Gasteiger charge is 2.34. The Bertz CT molecular complexity index is 1100. The SMILES string of the molecule is O=C1COc2ccc(S(=O)(=O)N3CCCC(C(=O)NCc4ccc(F)cc4)C3)cc2N1. The zero-order chi connectivity index (χ0) is 22.0. The van der Waals surface area contributed by atoms with Crippen molar-refractivity contribution in [2.24, 2.45) is 5.92 Å². The Balaban J connectivity index is 1.43. The van der Waals surface area contributed by atoms with Gasteiger partial charge in [0.1, 0.15) is 11.6 Å². The van der Waals surface area contributed by atoms with E-state index in [-0.39, 0.29) is 42.2 Å². The number of sulfonamides is 1. The van der Waals surface area contributed by atoms with Gasteiger partial charge in [-0.05, 0) is 48.7 Å². The maximum atomic E-state index is 13.1. The Hall–Kier alpha value is -2.98. The normalized spacial score (nSPS) is 19.1. The summed E-state index contributed by atoms with van der Waals surface area (Å²) >= 11 is 0. The van der Waals surface area contributed by atoms with E-state index in [1.54, 1.807) is 12.1 Å². The molecule has 8 nitrogen and oxygen atoms in total. The number of carbonyl (C=O) groups excluding carboxylic acids is 2. The predicted octanol–water partition coefficient (Wildman–Crippen LogP) is 1.87. The number of carbonyl (C=O) groups is 2. The van der Waals surface area contributed by atoms with Gasteiger partial charge in [-0.1, -0.05) is 12.1 Å². The van der Waals surface area contributed by atoms with E-state index in [0.29, 0.717) is 30.8 Å². The van der Waals surface area contributed by atoms with Gasteiger partial charge in [0.05, 0.1) is 16.5 Å². The summed E-state index contributed by atoms with van der Waals surface area (Å²) in [5.74, 6) is -1.01. The molecule has 164 valence electrons. The molecule has 1 fully saturated rings. The Morgan fingerprint density at radius 3 is 2.77 bits per heavy atom. The van der Waals surface area contributed by atoms with Crippen molar-refractivity contribution in [1.82, 2.24) is 9.62 Å². The Kier molecular flexibility index (Phi) is 5.92. The predicted molar refractivity (Wildman–Crippen MR) is 110 cm³/mol. The monoisotopic (exact) mass is 447 g/mol. The number of rotatable bonds is 5. The summed E-state index contributed by atoms with van der Waals surface area (Å²) in [6.45, 7) is 0.508. The lowest BCUT2D eigenvalue weighted by Crippen LogP contribution is -2.45. The Morgan fingerprint density at radius 2 is 2.00 bits per heavy atom. The summed E-state index contributed by atoms with van der Waals surface area (Å²) in [7, 11) is -3.85. The second kappa shape index (κ2) is 8.64. The molecule has 1 saturated heterocycles. The topological polar surface area (TPSA) is 105 Å². The van der Waals surface area contributed by atoms with Gasteiger partial charge in [-0.2, -0.15) is 4.31 Å². The molecule has 0 aromatic heterocycles. The summed E-state index contributed by atoms with van der Waals surface area (Å²) in [5.41, 5.74) is 1.07. The number of anilines is 1. The number of ether oxygens (including phenoxy) is 1. The average molecular weight is 447 g/mol. The van der Waals surface area contributed by atoms with Gasteiger partial charge in [0.15, 0.2) is 6.61 Å². The fourth-order valence-electron chi connectivity index (χ4n) is 3.68. The van der Waals surface area contributed by atoms with Crippen LogP contribution in [0, 0.1) is 11.7 Å². The molecule has 2 aromatic rings. The molecule has 31 heavy (non-hydrogen) atoms. The quantitative estimate of drug-likeness (QED) is 0.728. The number of nitrogens with zero attached hydrogens (tertiary/aromatic N) is 1. The van der Waals surface area contributed by atoms with Crippen LogP contribution in [0.3, 0.4) is 0 Å². The first-order chi connectivity index (χ1) is 14.8. The van der Waals surface area contributed by atoms with Crippen LogP contribution in [0.5, 0.6) is 5.75 Å². The van der Waals surface area contributed by atoms with Crippen molar-refractivity contribution in [3.05, 3.63) is 53.8 Å². The van der Waals surface area contributed by atoms with Gasteiger partial charge in [-0.25, -0.2) is 12.8 Å². The highest BCUT2D eigenvalue weighted by atomic mass is 32.2. The molecule has 1 unspecified atom stereocenters. The molecule has 2 N–H and O–H groups in total. The van der Waals surface area contributed by atoms with Crippen molar-refractivity contribution in [3.8, 4) is 5.75 Å². The Morgan fingerprint density at radius 1 is 1.23 bits per heavy atom. The number of halogens is 1. The largest absolute Gasteiger partial charge is 0.482 e. The number of hydrogen-bond donors (Lipinski definition) is 2. The molecule has 0 aliphatic carbocycles. The van der Waals surface area contributed by atoms with Crippen molar-refractivity contribution in [2.45, 2.75) is 24.3 Å². The van der Waals surface area contributed by atoms with Gasteiger partial charge in [-0.3, -0.25) is 9.59 Å². The molecule has 4 rings (SSSR count). The van der Waals surface area contributed by atoms with Crippen LogP contribution in [0.25, 0.3) is 0 Å². The maximum Gasteiger partial charge on any atom is 0.262 e. The minimum Gasteiger partial charge on any atom is -0.482 e. The molecular formula is C21H22FN3O5S. The third-order valence-electron chi connectivity index (χ3n) is 5.36. The molecule has 2 aliphatic heterocycles. The van der Waals surface area contributed by atoms with Crippen LogP contribution in [0.2, 0.25) is 0 Å². The van der Waals surface area contributed by atoms with E-state index in [1.165, 1.54) is 34.6 Å². The van der Waals surface area contributed by atoms with E-state index in [0.717, 1.165) is 5.56 Å². The van der Waals surface area contributed by atoms with Crippen molar-refractivity contribution in [1.29, 1.82) is 0 Å². The van der Waals surface area contributed by atoms with E-state index in [4.69, 9.17) is 4.74 Å². The van der Waals surface area contributed by atoms with E-state index >= 15 is 0 Å². The second-order valence-corrected chi connectivity index (χ2v) is 9.48. The molecule has 0 saturated carbocycles. The molecule has 2 amide bonds. The van der Waals surface area contributed by atoms with Crippen LogP contribution in [0.15, 0.2) is 47.4 Å². The molecule has 1 atom stereocenters. The molecule has 2 heterocycles. The van der Waals surface area contributed by atoms with Gasteiger partial charge in [0.2, 0.25) is 15.9 Å². The number of nitrogens with one attached hydrogen (secondary N) is 2. The van der Waals surface area contributed by atoms with Gasteiger partial charge in [0.25, 0.3) is 5.91 Å². The zero-order valence-electron chi connectivity index (χ0n) is 16.6. The number of hydrogen-bond acceptors (Lipinski definition) is 5. The first-order valence-corrected chi connectivity index (χ1v) is 11.4. The number of piperidine rings is 1. The summed E-state index contributed by atoms with van der Waals surface area (Å²) < 4.78 is 45.9. The van der Waals surface area contributed by atoms with E-state index in [9.17, 15) is 22.4 Å². The molecule has 2 aliphatic rings. The number of fused-ring (bicyclic) bond motifs is 1. The Labute approximate surface area is 179 Å². The summed E-state index contributed by atoms with van der Waals surface area (Å²) in [4.78, 5) is 24.2. The molecule has 10 heteroatoms. The van der Waals surface area contributed by atoms with Gasteiger partial charge in [0, 0.05) is 19.6 Å². The van der Waals surface area contributed by atoms with Crippen LogP contribution < -0.4 is 15.4 Å². The summed E-state index contributed by atoms with van der Waals surface area (Å²) in [6.07, 6.45) is 1.13. The number of benzene rings is 2. The standard InChI is InChI=1S/C21H22FN3O5S/c22-16-5-3-14(4-6-16)11-23-21(27)15-2-1-9-25(12-15)31(28,29)17-7-8-19-18(10-17)24-20(26)13-30-19/h3-8,10,15H,1-2,9,11-13H2,(H,23,27)(H,24,26). The van der Waals surface area contributed by atoms with E-state index < -0.39 is 15.9 Å². The van der Waals surface area contributed by atoms with Gasteiger partial charge in [-0.15, -0.1) is 0 Å². The van der Waals surface area contributed by atoms with Gasteiger partial charge >= 0.3 is 0 Å². The van der Waals surface area contributed by atoms with Crippen LogP contribution >= 0.6 is 0 Å². The smallest absolute Gasteiger partial charge is 0.262 e. The zero-order valence-corrected chi connectivity index (χ0v) is 17.5. The molecule has 0 radical (unpaired) electrons. The maximum absolute atomic E-state index is 13.1. The number of amides is 2. The third kappa shape index (κ3) is 4.70. The van der Waals surface area contributed by atoms with Crippen LogP contribution in [-0.4, -0.2) is 44.2 Å². The minimum atomic E-state index is -3.85. The lowest BCUT2D eigenvalue weighted by atomic mass is 9.99. The lowest BCUT2D eigenvalue weighted by molar-refractivity contribution is -0.126. The third-order valence-corrected chi connectivity index (χ3v) is 7.22. The second-order valence-electron chi connectivity index (χ2n) is 7.54. The first kappa shape index (κ1) is 21.3. The van der Waals surface area contributed by atoms with E-state index in [2.05, 4.69) is 10.6 Å². The van der Waals surface area contributed by atoms with Crippen molar-refractivity contribution in [3.63, 3.8) is 0 Å². The molecule has 0 spiro atoms.